The van der Waals surface area contributed by atoms with Crippen molar-refractivity contribution in [2.24, 2.45) is 0 Å². The van der Waals surface area contributed by atoms with Crippen molar-refractivity contribution >= 4 is 44.9 Å². The van der Waals surface area contributed by atoms with Crippen molar-refractivity contribution in [1.82, 2.24) is 14.2 Å². The predicted molar refractivity (Wildman–Crippen MR) is 124 cm³/mol. The van der Waals surface area contributed by atoms with Crippen LogP contribution in [0, 0.1) is 0 Å². The fourth-order valence-corrected chi connectivity index (χ4v) is 5.32. The molecule has 0 N–H and O–H groups in total. The predicted octanol–water partition coefficient (Wildman–Crippen LogP) is 4.22. The van der Waals surface area contributed by atoms with Gasteiger partial charge in [0.05, 0.1) is 0 Å². The Bertz CT molecular complexity index is 1180. The van der Waals surface area contributed by atoms with Crippen LogP contribution in [-0.4, -0.2) is 54.7 Å². The van der Waals surface area contributed by atoms with Crippen molar-refractivity contribution < 1.29 is 13.2 Å². The second-order valence-corrected chi connectivity index (χ2v) is 10.1. The van der Waals surface area contributed by atoms with E-state index < -0.39 is 10.0 Å². The van der Waals surface area contributed by atoms with Crippen molar-refractivity contribution in [2.75, 3.05) is 26.2 Å². The number of carbonyl (C=O) groups excluding carboxylic acids is 1. The van der Waals surface area contributed by atoms with Gasteiger partial charge in [-0.2, -0.15) is 4.31 Å². The number of nitrogens with zero attached hydrogens (tertiary/aromatic N) is 3. The molecule has 4 rings (SSSR count). The van der Waals surface area contributed by atoms with Crippen LogP contribution in [0.3, 0.4) is 0 Å². The van der Waals surface area contributed by atoms with Gasteiger partial charge in [-0.05, 0) is 23.8 Å². The van der Waals surface area contributed by atoms with Gasteiger partial charge in [0.2, 0.25) is 10.0 Å². The van der Waals surface area contributed by atoms with Crippen LogP contribution >= 0.6 is 22.9 Å². The van der Waals surface area contributed by atoms with Gasteiger partial charge in [-0.3, -0.25) is 4.79 Å². The molecule has 31 heavy (non-hydrogen) atoms. The summed E-state index contributed by atoms with van der Waals surface area (Å²) in [5.41, 5.74) is 2.09. The van der Waals surface area contributed by atoms with E-state index in [2.05, 4.69) is 4.98 Å². The third-order valence-corrected chi connectivity index (χ3v) is 7.64. The minimum absolute atomic E-state index is 0.187. The molecule has 6 nitrogen and oxygen atoms in total. The van der Waals surface area contributed by atoms with Gasteiger partial charge >= 0.3 is 0 Å². The number of aromatic nitrogens is 1. The number of hydrogen-bond donors (Lipinski definition) is 0. The van der Waals surface area contributed by atoms with Gasteiger partial charge in [0.25, 0.3) is 5.91 Å². The number of halogens is 1. The second-order valence-electron chi connectivity index (χ2n) is 6.99. The quantitative estimate of drug-likeness (QED) is 0.556. The van der Waals surface area contributed by atoms with Crippen LogP contribution in [0.25, 0.3) is 16.6 Å². The Labute approximate surface area is 190 Å². The van der Waals surface area contributed by atoms with E-state index in [1.54, 1.807) is 28.5 Å². The largest absolute Gasteiger partial charge is 0.335 e. The highest BCUT2D eigenvalue weighted by Gasteiger charge is 2.28. The van der Waals surface area contributed by atoms with Crippen LogP contribution in [-0.2, 0) is 10.0 Å². The van der Waals surface area contributed by atoms with E-state index in [4.69, 9.17) is 11.6 Å². The summed E-state index contributed by atoms with van der Waals surface area (Å²) in [6.07, 6.45) is 1.58. The number of amides is 1. The highest BCUT2D eigenvalue weighted by Crippen LogP contribution is 2.26. The fraction of sp³-hybridized carbons (Fsp3) is 0.182. The number of piperazine rings is 1. The zero-order chi connectivity index (χ0) is 21.8. The minimum Gasteiger partial charge on any atom is -0.335 e. The van der Waals surface area contributed by atoms with Crippen LogP contribution in [0.4, 0.5) is 0 Å². The molecule has 160 valence electrons. The summed E-state index contributed by atoms with van der Waals surface area (Å²) >= 11 is 7.32. The molecule has 1 amide bonds. The number of sulfonamides is 1. The maximum atomic E-state index is 12.8. The summed E-state index contributed by atoms with van der Waals surface area (Å²) in [5.74, 6) is -0.187. The van der Waals surface area contributed by atoms with Gasteiger partial charge in [-0.1, -0.05) is 54.1 Å². The highest BCUT2D eigenvalue weighted by atomic mass is 35.5. The average molecular weight is 474 g/mol. The van der Waals surface area contributed by atoms with Crippen LogP contribution in [0.15, 0.2) is 65.4 Å². The Morgan fingerprint density at radius 1 is 1.00 bits per heavy atom. The van der Waals surface area contributed by atoms with Crippen LogP contribution in [0.1, 0.15) is 16.1 Å². The minimum atomic E-state index is -3.54. The summed E-state index contributed by atoms with van der Waals surface area (Å²) in [6.45, 7) is 1.15. The Balaban J connectivity index is 1.38. The summed E-state index contributed by atoms with van der Waals surface area (Å²) < 4.78 is 26.6. The molecule has 0 aliphatic carbocycles. The first-order valence-electron chi connectivity index (χ1n) is 9.66. The summed E-state index contributed by atoms with van der Waals surface area (Å²) in [7, 11) is -3.54. The van der Waals surface area contributed by atoms with Crippen molar-refractivity contribution in [3.05, 3.63) is 81.7 Å². The molecule has 2 aromatic carbocycles. The third kappa shape index (κ3) is 5.22. The smallest absolute Gasteiger partial charge is 0.273 e. The standard InChI is InChI=1S/C22H20ClN3O3S2/c23-19-8-6-18(7-9-19)21-24-20(16-30-21)22(27)25-11-13-26(14-12-25)31(28,29)15-10-17-4-2-1-3-5-17/h1-10,15-16H,11-14H2/b15-10+. The first kappa shape index (κ1) is 21.7. The topological polar surface area (TPSA) is 70.6 Å². The molecule has 3 aromatic rings. The molecule has 1 aliphatic heterocycles. The first-order valence-corrected chi connectivity index (χ1v) is 12.4. The number of carbonyl (C=O) groups is 1. The monoisotopic (exact) mass is 473 g/mol. The van der Waals surface area contributed by atoms with E-state index in [9.17, 15) is 13.2 Å². The van der Waals surface area contributed by atoms with Gasteiger partial charge in [-0.25, -0.2) is 13.4 Å². The first-order chi connectivity index (χ1) is 14.9. The summed E-state index contributed by atoms with van der Waals surface area (Å²) in [6, 6.07) is 16.6. The van der Waals surface area contributed by atoms with Crippen LogP contribution < -0.4 is 0 Å². The SMILES string of the molecule is O=C(c1csc(-c2ccc(Cl)cc2)n1)N1CCN(S(=O)(=O)/C=C/c2ccccc2)CC1. The Hall–Kier alpha value is -2.52. The van der Waals surface area contributed by atoms with Crippen LogP contribution in [0.2, 0.25) is 5.02 Å². The molecule has 0 atom stereocenters. The molecule has 1 fully saturated rings. The lowest BCUT2D eigenvalue weighted by molar-refractivity contribution is 0.0693. The molecule has 0 unspecified atom stereocenters. The zero-order valence-electron chi connectivity index (χ0n) is 16.5. The molecule has 1 aromatic heterocycles. The molecule has 0 saturated carbocycles. The van der Waals surface area contributed by atoms with E-state index in [1.807, 2.05) is 42.5 Å². The van der Waals surface area contributed by atoms with Gasteiger partial charge in [0.15, 0.2) is 0 Å². The molecular weight excluding hydrogens is 454 g/mol. The molecular formula is C22H20ClN3O3S2. The number of rotatable bonds is 5. The fourth-order valence-electron chi connectivity index (χ4n) is 3.22. The Kier molecular flexibility index (Phi) is 6.52. The van der Waals surface area contributed by atoms with E-state index in [1.165, 1.54) is 21.1 Å². The van der Waals surface area contributed by atoms with Gasteiger partial charge in [0, 0.05) is 47.6 Å². The second kappa shape index (κ2) is 9.32. The van der Waals surface area contributed by atoms with E-state index in [0.717, 1.165) is 16.1 Å². The van der Waals surface area contributed by atoms with E-state index >= 15 is 0 Å². The molecule has 1 saturated heterocycles. The van der Waals surface area contributed by atoms with Crippen molar-refractivity contribution in [3.8, 4) is 10.6 Å². The number of benzene rings is 2. The molecule has 0 radical (unpaired) electrons. The Morgan fingerprint density at radius 2 is 1.68 bits per heavy atom. The summed E-state index contributed by atoms with van der Waals surface area (Å²) in [4.78, 5) is 18.9. The molecule has 2 heterocycles. The zero-order valence-corrected chi connectivity index (χ0v) is 18.9. The maximum absolute atomic E-state index is 12.8. The lowest BCUT2D eigenvalue weighted by Crippen LogP contribution is -2.50. The number of thiazole rings is 1. The van der Waals surface area contributed by atoms with Crippen LogP contribution in [0.5, 0.6) is 0 Å². The molecule has 0 bridgehead atoms. The van der Waals surface area contributed by atoms with Gasteiger partial charge in [0.1, 0.15) is 10.7 Å². The lowest BCUT2D eigenvalue weighted by atomic mass is 10.2. The highest BCUT2D eigenvalue weighted by molar-refractivity contribution is 7.92. The molecule has 1 aliphatic rings. The number of hydrogen-bond acceptors (Lipinski definition) is 5. The van der Waals surface area contributed by atoms with Crippen molar-refractivity contribution in [3.63, 3.8) is 0 Å². The molecule has 0 spiro atoms. The maximum Gasteiger partial charge on any atom is 0.273 e. The van der Waals surface area contributed by atoms with Gasteiger partial charge in [-0.15, -0.1) is 11.3 Å². The normalized spacial score (nSPS) is 15.5. The molecule has 9 heteroatoms. The van der Waals surface area contributed by atoms with E-state index in [0.29, 0.717) is 23.8 Å². The van der Waals surface area contributed by atoms with Crippen molar-refractivity contribution in [1.29, 1.82) is 0 Å². The summed E-state index contributed by atoms with van der Waals surface area (Å²) in [5, 5.41) is 4.34. The lowest BCUT2D eigenvalue weighted by Gasteiger charge is -2.33. The Morgan fingerprint density at radius 3 is 2.35 bits per heavy atom. The average Bonchev–Trinajstić information content (AvgIpc) is 3.29. The third-order valence-electron chi connectivity index (χ3n) is 4.93. The van der Waals surface area contributed by atoms with Gasteiger partial charge < -0.3 is 4.90 Å². The van der Waals surface area contributed by atoms with Crippen molar-refractivity contribution in [2.45, 2.75) is 0 Å². The van der Waals surface area contributed by atoms with E-state index in [-0.39, 0.29) is 19.0 Å².